The molecule has 0 unspecified atom stereocenters. The zero-order valence-corrected chi connectivity index (χ0v) is 10.7. The largest absolute Gasteiger partial charge is 0.468 e. The minimum absolute atomic E-state index is 0.174. The summed E-state index contributed by atoms with van der Waals surface area (Å²) in [7, 11) is 2.40. The van der Waals surface area contributed by atoms with Crippen LogP contribution in [0, 0.1) is 0 Å². The Bertz CT molecular complexity index is 413. The monoisotopic (exact) mass is 272 g/mol. The van der Waals surface area contributed by atoms with Crippen molar-refractivity contribution in [3.05, 3.63) is 16.6 Å². The summed E-state index contributed by atoms with van der Waals surface area (Å²) in [4.78, 5) is 39.2. The van der Waals surface area contributed by atoms with Gasteiger partial charge >= 0.3 is 11.9 Å². The number of ether oxygens (including phenoxy) is 2. The van der Waals surface area contributed by atoms with Crippen LogP contribution in [0.3, 0.4) is 0 Å². The molecule has 0 spiro atoms. The van der Waals surface area contributed by atoms with Crippen molar-refractivity contribution in [3.8, 4) is 0 Å². The molecule has 0 aliphatic rings. The lowest BCUT2D eigenvalue weighted by Gasteiger charge is -2.18. The molecule has 8 heteroatoms. The fraction of sp³-hybridized carbons (Fsp3) is 0.400. The molecule has 0 bridgehead atoms. The highest BCUT2D eigenvalue weighted by atomic mass is 32.1. The predicted octanol–water partition coefficient (Wildman–Crippen LogP) is -0.0687. The Labute approximate surface area is 107 Å². The topological polar surface area (TPSA) is 85.8 Å². The van der Waals surface area contributed by atoms with Gasteiger partial charge in [0.05, 0.1) is 19.7 Å². The van der Waals surface area contributed by atoms with E-state index in [0.717, 1.165) is 4.90 Å². The Morgan fingerprint density at radius 3 is 2.17 bits per heavy atom. The van der Waals surface area contributed by atoms with Gasteiger partial charge in [-0.15, -0.1) is 11.3 Å². The number of rotatable bonds is 5. The zero-order valence-electron chi connectivity index (χ0n) is 9.91. The first kappa shape index (κ1) is 14.1. The maximum atomic E-state index is 12.0. The fourth-order valence-electron chi connectivity index (χ4n) is 1.12. The molecule has 1 amide bonds. The van der Waals surface area contributed by atoms with Gasteiger partial charge in [-0.2, -0.15) is 0 Å². The third-order valence-electron chi connectivity index (χ3n) is 2.03. The minimum Gasteiger partial charge on any atom is -0.468 e. The van der Waals surface area contributed by atoms with E-state index in [1.807, 2.05) is 0 Å². The van der Waals surface area contributed by atoms with Gasteiger partial charge in [-0.3, -0.25) is 14.4 Å². The van der Waals surface area contributed by atoms with Crippen LogP contribution in [0.2, 0.25) is 0 Å². The van der Waals surface area contributed by atoms with Crippen molar-refractivity contribution >= 4 is 29.2 Å². The van der Waals surface area contributed by atoms with Gasteiger partial charge < -0.3 is 14.4 Å². The fourth-order valence-corrected chi connectivity index (χ4v) is 1.65. The Balaban J connectivity index is 2.79. The summed E-state index contributed by atoms with van der Waals surface area (Å²) in [6, 6.07) is 0. The summed E-state index contributed by atoms with van der Waals surface area (Å²) >= 11 is 1.24. The number of carbonyl (C=O) groups is 3. The Hall–Kier alpha value is -1.96. The second-order valence-electron chi connectivity index (χ2n) is 3.19. The van der Waals surface area contributed by atoms with E-state index in [4.69, 9.17) is 0 Å². The van der Waals surface area contributed by atoms with E-state index in [2.05, 4.69) is 14.5 Å². The van der Waals surface area contributed by atoms with Gasteiger partial charge in [-0.1, -0.05) is 0 Å². The molecular formula is C10H12N2O5S. The lowest BCUT2D eigenvalue weighted by atomic mass is 10.3. The van der Waals surface area contributed by atoms with Gasteiger partial charge in [-0.05, 0) is 0 Å². The molecule has 18 heavy (non-hydrogen) atoms. The molecular weight excluding hydrogens is 260 g/mol. The molecule has 0 fully saturated rings. The molecule has 1 aromatic heterocycles. The first-order valence-corrected chi connectivity index (χ1v) is 5.83. The van der Waals surface area contributed by atoms with Crippen LogP contribution in [0.25, 0.3) is 0 Å². The van der Waals surface area contributed by atoms with E-state index in [-0.39, 0.29) is 18.8 Å². The van der Waals surface area contributed by atoms with E-state index < -0.39 is 17.8 Å². The lowest BCUT2D eigenvalue weighted by Crippen LogP contribution is -2.40. The Morgan fingerprint density at radius 2 is 1.78 bits per heavy atom. The van der Waals surface area contributed by atoms with Crippen molar-refractivity contribution in [1.82, 2.24) is 9.88 Å². The van der Waals surface area contributed by atoms with Gasteiger partial charge in [0.15, 0.2) is 0 Å². The maximum absolute atomic E-state index is 12.0. The van der Waals surface area contributed by atoms with Gasteiger partial charge in [0.1, 0.15) is 18.8 Å². The van der Waals surface area contributed by atoms with Crippen molar-refractivity contribution in [2.45, 2.75) is 0 Å². The third kappa shape index (κ3) is 3.81. The molecule has 0 aromatic carbocycles. The number of aromatic nitrogens is 1. The standard InChI is InChI=1S/C10H12N2O5S/c1-16-8(13)3-12(4-9(14)17-2)10(15)7-5-18-6-11-7/h5-6H,3-4H2,1-2H3. The van der Waals surface area contributed by atoms with E-state index in [0.29, 0.717) is 0 Å². The lowest BCUT2D eigenvalue weighted by molar-refractivity contribution is -0.144. The van der Waals surface area contributed by atoms with E-state index >= 15 is 0 Å². The number of carbonyl (C=O) groups excluding carboxylic acids is 3. The van der Waals surface area contributed by atoms with Crippen molar-refractivity contribution in [2.75, 3.05) is 27.3 Å². The first-order chi connectivity index (χ1) is 8.58. The molecule has 0 atom stereocenters. The smallest absolute Gasteiger partial charge is 0.325 e. The number of methoxy groups -OCH3 is 2. The molecule has 0 aliphatic heterocycles. The van der Waals surface area contributed by atoms with Crippen molar-refractivity contribution in [2.24, 2.45) is 0 Å². The van der Waals surface area contributed by atoms with Crippen LogP contribution < -0.4 is 0 Å². The van der Waals surface area contributed by atoms with Crippen LogP contribution in [-0.2, 0) is 19.1 Å². The zero-order chi connectivity index (χ0) is 13.5. The third-order valence-corrected chi connectivity index (χ3v) is 2.62. The summed E-state index contributed by atoms with van der Waals surface area (Å²) in [6.07, 6.45) is 0. The number of amides is 1. The van der Waals surface area contributed by atoms with Crippen LogP contribution in [0.5, 0.6) is 0 Å². The van der Waals surface area contributed by atoms with Gasteiger partial charge in [0.2, 0.25) is 0 Å². The van der Waals surface area contributed by atoms with Gasteiger partial charge in [-0.25, -0.2) is 4.98 Å². The van der Waals surface area contributed by atoms with Crippen LogP contribution in [-0.4, -0.2) is 55.0 Å². The number of esters is 2. The summed E-state index contributed by atoms with van der Waals surface area (Å²) in [5.41, 5.74) is 1.66. The highest BCUT2D eigenvalue weighted by Gasteiger charge is 2.23. The average molecular weight is 272 g/mol. The molecule has 1 aromatic rings. The molecule has 7 nitrogen and oxygen atoms in total. The highest BCUT2D eigenvalue weighted by molar-refractivity contribution is 7.07. The van der Waals surface area contributed by atoms with Crippen molar-refractivity contribution in [1.29, 1.82) is 0 Å². The van der Waals surface area contributed by atoms with Crippen LogP contribution in [0.4, 0.5) is 0 Å². The molecule has 0 saturated carbocycles. The van der Waals surface area contributed by atoms with Crippen LogP contribution in [0.15, 0.2) is 10.9 Å². The summed E-state index contributed by atoms with van der Waals surface area (Å²) in [5, 5.41) is 1.53. The molecule has 98 valence electrons. The SMILES string of the molecule is COC(=O)CN(CC(=O)OC)C(=O)c1cscn1. The van der Waals surface area contributed by atoms with E-state index in [1.165, 1.54) is 36.4 Å². The molecule has 0 radical (unpaired) electrons. The van der Waals surface area contributed by atoms with Crippen LogP contribution >= 0.6 is 11.3 Å². The average Bonchev–Trinajstić information content (AvgIpc) is 2.90. The Kier molecular flexibility index (Phi) is 5.25. The number of thiazole rings is 1. The minimum atomic E-state index is -0.623. The summed E-state index contributed by atoms with van der Waals surface area (Å²) < 4.78 is 8.92. The van der Waals surface area contributed by atoms with Gasteiger partial charge in [0.25, 0.3) is 5.91 Å². The maximum Gasteiger partial charge on any atom is 0.325 e. The number of hydrogen-bond donors (Lipinski definition) is 0. The molecule has 0 saturated heterocycles. The first-order valence-electron chi connectivity index (χ1n) is 4.89. The summed E-state index contributed by atoms with van der Waals surface area (Å²) in [5.74, 6) is -1.77. The molecule has 0 aliphatic carbocycles. The number of nitrogens with zero attached hydrogens (tertiary/aromatic N) is 2. The quantitative estimate of drug-likeness (QED) is 0.697. The Morgan fingerprint density at radius 1 is 1.22 bits per heavy atom. The summed E-state index contributed by atoms with van der Waals surface area (Å²) in [6.45, 7) is -0.663. The van der Waals surface area contributed by atoms with Crippen molar-refractivity contribution in [3.63, 3.8) is 0 Å². The molecule has 1 heterocycles. The van der Waals surface area contributed by atoms with Gasteiger partial charge in [0, 0.05) is 5.38 Å². The normalized spacial score (nSPS) is 9.67. The molecule has 0 N–H and O–H groups in total. The van der Waals surface area contributed by atoms with E-state index in [1.54, 1.807) is 0 Å². The molecule has 1 rings (SSSR count). The van der Waals surface area contributed by atoms with Crippen LogP contribution in [0.1, 0.15) is 10.5 Å². The number of hydrogen-bond acceptors (Lipinski definition) is 7. The second kappa shape index (κ2) is 6.70. The van der Waals surface area contributed by atoms with E-state index in [9.17, 15) is 14.4 Å². The second-order valence-corrected chi connectivity index (χ2v) is 3.91. The predicted molar refractivity (Wildman–Crippen MR) is 62.0 cm³/mol. The highest BCUT2D eigenvalue weighted by Crippen LogP contribution is 2.06. The van der Waals surface area contributed by atoms with Crippen molar-refractivity contribution < 1.29 is 23.9 Å².